The Bertz CT molecular complexity index is 683. The molecule has 5 heteroatoms. The van der Waals surface area contributed by atoms with Crippen LogP contribution in [-0.4, -0.2) is 10.9 Å². The zero-order valence-corrected chi connectivity index (χ0v) is 12.4. The maximum atomic E-state index is 11.8. The molecule has 1 aromatic carbocycles. The molecular formula is C16H16ClN3O. The number of carbonyl (C=O) groups excluding carboxylic acids is 1. The van der Waals surface area contributed by atoms with Crippen LogP contribution in [0.5, 0.6) is 0 Å². The molecule has 21 heavy (non-hydrogen) atoms. The number of nitrogens with two attached hydrogens (primary N) is 1. The predicted octanol–water partition coefficient (Wildman–Crippen LogP) is 2.96. The van der Waals surface area contributed by atoms with Crippen LogP contribution in [0.25, 0.3) is 6.08 Å². The van der Waals surface area contributed by atoms with Crippen molar-refractivity contribution < 1.29 is 4.79 Å². The minimum absolute atomic E-state index is 0.198. The number of benzene rings is 1. The number of nitrogen functional groups attached to an aromatic ring is 1. The average Bonchev–Trinajstić information content (AvgIpc) is 2.46. The van der Waals surface area contributed by atoms with E-state index >= 15 is 0 Å². The van der Waals surface area contributed by atoms with Crippen molar-refractivity contribution in [2.45, 2.75) is 13.5 Å². The summed E-state index contributed by atoms with van der Waals surface area (Å²) >= 11 is 5.84. The number of halogens is 1. The second-order valence-electron chi connectivity index (χ2n) is 4.67. The van der Waals surface area contributed by atoms with Gasteiger partial charge in [-0.25, -0.2) is 4.98 Å². The molecule has 108 valence electrons. The number of nitrogens with zero attached hydrogens (tertiary/aromatic N) is 1. The van der Waals surface area contributed by atoms with E-state index in [9.17, 15) is 4.79 Å². The van der Waals surface area contributed by atoms with E-state index in [1.165, 1.54) is 12.3 Å². The van der Waals surface area contributed by atoms with Crippen molar-refractivity contribution in [3.8, 4) is 0 Å². The van der Waals surface area contributed by atoms with Crippen LogP contribution in [0.15, 0.2) is 42.6 Å². The maximum Gasteiger partial charge on any atom is 0.244 e. The number of anilines is 1. The van der Waals surface area contributed by atoms with Gasteiger partial charge in [0.15, 0.2) is 0 Å². The van der Waals surface area contributed by atoms with E-state index in [4.69, 9.17) is 17.3 Å². The summed E-state index contributed by atoms with van der Waals surface area (Å²) in [7, 11) is 0. The van der Waals surface area contributed by atoms with E-state index in [0.717, 1.165) is 11.1 Å². The highest BCUT2D eigenvalue weighted by Gasteiger charge is 2.00. The largest absolute Gasteiger partial charge is 0.383 e. The normalized spacial score (nSPS) is 10.8. The number of amides is 1. The van der Waals surface area contributed by atoms with Crippen molar-refractivity contribution in [2.24, 2.45) is 0 Å². The van der Waals surface area contributed by atoms with Gasteiger partial charge in [0.2, 0.25) is 5.91 Å². The molecule has 0 aliphatic heterocycles. The second kappa shape index (κ2) is 6.90. The number of carbonyl (C=O) groups is 1. The number of aromatic nitrogens is 1. The maximum absolute atomic E-state index is 11.8. The Morgan fingerprint density at radius 1 is 1.43 bits per heavy atom. The quantitative estimate of drug-likeness (QED) is 0.853. The molecule has 0 aliphatic carbocycles. The Labute approximate surface area is 128 Å². The third-order valence-corrected chi connectivity index (χ3v) is 3.09. The topological polar surface area (TPSA) is 68.0 Å². The summed E-state index contributed by atoms with van der Waals surface area (Å²) in [5.74, 6) is 0.137. The molecule has 0 radical (unpaired) electrons. The van der Waals surface area contributed by atoms with Gasteiger partial charge in [0, 0.05) is 24.4 Å². The van der Waals surface area contributed by atoms with Gasteiger partial charge in [-0.1, -0.05) is 41.4 Å². The van der Waals surface area contributed by atoms with E-state index in [0.29, 0.717) is 22.9 Å². The highest BCUT2D eigenvalue weighted by molar-refractivity contribution is 6.30. The first kappa shape index (κ1) is 15.1. The highest BCUT2D eigenvalue weighted by Crippen LogP contribution is 2.16. The van der Waals surface area contributed by atoms with Crippen molar-refractivity contribution in [2.75, 3.05) is 5.73 Å². The molecule has 2 rings (SSSR count). The van der Waals surface area contributed by atoms with Crippen molar-refractivity contribution in [1.82, 2.24) is 10.3 Å². The summed E-state index contributed by atoms with van der Waals surface area (Å²) in [6.07, 6.45) is 4.48. The number of rotatable bonds is 4. The van der Waals surface area contributed by atoms with Gasteiger partial charge in [-0.2, -0.15) is 0 Å². The predicted molar refractivity (Wildman–Crippen MR) is 85.7 cm³/mol. The molecule has 0 unspecified atom stereocenters. The molecule has 3 N–H and O–H groups in total. The van der Waals surface area contributed by atoms with Gasteiger partial charge in [-0.05, 0) is 24.6 Å². The number of pyridine rings is 1. The van der Waals surface area contributed by atoms with E-state index in [2.05, 4.69) is 10.3 Å². The van der Waals surface area contributed by atoms with Gasteiger partial charge in [0.1, 0.15) is 5.82 Å². The lowest BCUT2D eigenvalue weighted by atomic mass is 10.1. The van der Waals surface area contributed by atoms with Crippen LogP contribution in [-0.2, 0) is 11.3 Å². The van der Waals surface area contributed by atoms with Gasteiger partial charge in [0.25, 0.3) is 0 Å². The van der Waals surface area contributed by atoms with Gasteiger partial charge in [0.05, 0.1) is 5.02 Å². The van der Waals surface area contributed by atoms with Crippen LogP contribution in [0.4, 0.5) is 5.82 Å². The number of nitrogens with one attached hydrogen (secondary N) is 1. The Morgan fingerprint density at radius 3 is 3.00 bits per heavy atom. The Morgan fingerprint density at radius 2 is 2.24 bits per heavy atom. The first-order chi connectivity index (χ1) is 10.0. The lowest BCUT2D eigenvalue weighted by molar-refractivity contribution is -0.116. The minimum atomic E-state index is -0.198. The highest BCUT2D eigenvalue weighted by atomic mass is 35.5. The molecule has 0 spiro atoms. The van der Waals surface area contributed by atoms with Crippen molar-refractivity contribution in [3.63, 3.8) is 0 Å². The molecule has 0 bridgehead atoms. The first-order valence-corrected chi connectivity index (χ1v) is 6.85. The summed E-state index contributed by atoms with van der Waals surface area (Å²) in [6, 6.07) is 9.64. The van der Waals surface area contributed by atoms with Crippen LogP contribution >= 0.6 is 11.6 Å². The molecule has 0 aliphatic rings. The molecule has 2 aromatic rings. The standard InChI is InChI=1S/C16H16ClN3O/c1-11-3-2-4-12(7-11)9-19-15(21)6-5-13-8-14(17)10-20-16(13)18/h2-8,10H,9H2,1H3,(H2,18,20)(H,19,21). The van der Waals surface area contributed by atoms with Gasteiger partial charge in [-0.15, -0.1) is 0 Å². The van der Waals surface area contributed by atoms with Gasteiger partial charge < -0.3 is 11.1 Å². The monoisotopic (exact) mass is 301 g/mol. The van der Waals surface area contributed by atoms with E-state index < -0.39 is 0 Å². The van der Waals surface area contributed by atoms with E-state index in [-0.39, 0.29) is 5.91 Å². The van der Waals surface area contributed by atoms with E-state index in [1.54, 1.807) is 12.1 Å². The van der Waals surface area contributed by atoms with Crippen molar-refractivity contribution in [3.05, 3.63) is 64.3 Å². The molecular weight excluding hydrogens is 286 g/mol. The molecule has 0 saturated carbocycles. The molecule has 1 amide bonds. The Kier molecular flexibility index (Phi) is 4.95. The molecule has 1 aromatic heterocycles. The summed E-state index contributed by atoms with van der Waals surface area (Å²) in [5.41, 5.74) is 8.54. The first-order valence-electron chi connectivity index (χ1n) is 6.47. The Hall–Kier alpha value is -2.33. The van der Waals surface area contributed by atoms with Crippen LogP contribution in [0, 0.1) is 6.92 Å². The van der Waals surface area contributed by atoms with Crippen molar-refractivity contribution in [1.29, 1.82) is 0 Å². The summed E-state index contributed by atoms with van der Waals surface area (Å²) in [6.45, 7) is 2.49. The molecule has 0 atom stereocenters. The third-order valence-electron chi connectivity index (χ3n) is 2.88. The summed E-state index contributed by atoms with van der Waals surface area (Å²) < 4.78 is 0. The van der Waals surface area contributed by atoms with Crippen LogP contribution in [0.1, 0.15) is 16.7 Å². The van der Waals surface area contributed by atoms with E-state index in [1.807, 2.05) is 31.2 Å². The van der Waals surface area contributed by atoms with Crippen LogP contribution < -0.4 is 11.1 Å². The molecule has 0 fully saturated rings. The molecule has 1 heterocycles. The summed E-state index contributed by atoms with van der Waals surface area (Å²) in [4.78, 5) is 15.7. The van der Waals surface area contributed by atoms with Gasteiger partial charge >= 0.3 is 0 Å². The SMILES string of the molecule is Cc1cccc(CNC(=O)C=Cc2cc(Cl)cnc2N)c1. The average molecular weight is 302 g/mol. The second-order valence-corrected chi connectivity index (χ2v) is 5.10. The molecule has 0 saturated heterocycles. The van der Waals surface area contributed by atoms with Crippen molar-refractivity contribution >= 4 is 29.4 Å². The summed E-state index contributed by atoms with van der Waals surface area (Å²) in [5, 5.41) is 3.29. The van der Waals surface area contributed by atoms with Crippen LogP contribution in [0.3, 0.4) is 0 Å². The fraction of sp³-hybridized carbons (Fsp3) is 0.125. The fourth-order valence-corrected chi connectivity index (χ4v) is 2.00. The van der Waals surface area contributed by atoms with Crippen LogP contribution in [0.2, 0.25) is 5.02 Å². The fourth-order valence-electron chi connectivity index (χ4n) is 1.83. The minimum Gasteiger partial charge on any atom is -0.383 e. The smallest absolute Gasteiger partial charge is 0.244 e. The number of aryl methyl sites for hydroxylation is 1. The lowest BCUT2D eigenvalue weighted by Gasteiger charge is -2.04. The number of hydrogen-bond acceptors (Lipinski definition) is 3. The Balaban J connectivity index is 1.95. The lowest BCUT2D eigenvalue weighted by Crippen LogP contribution is -2.20. The van der Waals surface area contributed by atoms with Gasteiger partial charge in [-0.3, -0.25) is 4.79 Å². The number of hydrogen-bond donors (Lipinski definition) is 2. The third kappa shape index (κ3) is 4.61. The molecule has 4 nitrogen and oxygen atoms in total. The zero-order valence-electron chi connectivity index (χ0n) is 11.6. The zero-order chi connectivity index (χ0) is 15.2.